The van der Waals surface area contributed by atoms with E-state index in [1.54, 1.807) is 12.1 Å². The Labute approximate surface area is 131 Å². The van der Waals surface area contributed by atoms with Gasteiger partial charge in [-0.2, -0.15) is 0 Å². The highest BCUT2D eigenvalue weighted by Gasteiger charge is 2.15. The highest BCUT2D eigenvalue weighted by molar-refractivity contribution is 5.92. The molecule has 0 amide bonds. The molecule has 0 spiro atoms. The van der Waals surface area contributed by atoms with Crippen molar-refractivity contribution >= 4 is 5.97 Å². The van der Waals surface area contributed by atoms with Gasteiger partial charge < -0.3 is 9.47 Å². The molecule has 0 aliphatic carbocycles. The molecule has 0 saturated heterocycles. The maximum atomic E-state index is 12.2. The fraction of sp³-hybridized carbons (Fsp3) is 0.316. The summed E-state index contributed by atoms with van der Waals surface area (Å²) in [6.45, 7) is 6.34. The third kappa shape index (κ3) is 4.35. The standard InChI is InChI=1S/C19H22O3/c1-4-15(3)22-19(20)17-7-5-6-8-18(17)21-13-16-11-9-14(2)10-12-16/h5-12,15H,4,13H2,1-3H3. The Balaban J connectivity index is 2.07. The van der Waals surface area contributed by atoms with Gasteiger partial charge in [-0.15, -0.1) is 0 Å². The molecule has 116 valence electrons. The molecule has 0 aliphatic rings. The highest BCUT2D eigenvalue weighted by Crippen LogP contribution is 2.21. The van der Waals surface area contributed by atoms with Crippen molar-refractivity contribution in [2.24, 2.45) is 0 Å². The fourth-order valence-corrected chi connectivity index (χ4v) is 1.94. The molecule has 0 aliphatic heterocycles. The summed E-state index contributed by atoms with van der Waals surface area (Å²) >= 11 is 0. The number of esters is 1. The summed E-state index contributed by atoms with van der Waals surface area (Å²) in [7, 11) is 0. The average molecular weight is 298 g/mol. The zero-order valence-corrected chi connectivity index (χ0v) is 13.3. The van der Waals surface area contributed by atoms with Gasteiger partial charge in [-0.25, -0.2) is 4.79 Å². The molecule has 22 heavy (non-hydrogen) atoms. The monoisotopic (exact) mass is 298 g/mol. The van der Waals surface area contributed by atoms with Crippen molar-refractivity contribution in [1.82, 2.24) is 0 Å². The second-order valence-corrected chi connectivity index (χ2v) is 5.39. The third-order valence-corrected chi connectivity index (χ3v) is 3.51. The first kappa shape index (κ1) is 16.1. The first-order chi connectivity index (χ1) is 10.6. The van der Waals surface area contributed by atoms with Crippen LogP contribution in [0.4, 0.5) is 0 Å². The molecule has 0 saturated carbocycles. The summed E-state index contributed by atoms with van der Waals surface area (Å²) in [6.07, 6.45) is 0.690. The van der Waals surface area contributed by atoms with Crippen LogP contribution in [-0.4, -0.2) is 12.1 Å². The Bertz CT molecular complexity index is 617. The highest BCUT2D eigenvalue weighted by atomic mass is 16.5. The van der Waals surface area contributed by atoms with Crippen LogP contribution in [0.25, 0.3) is 0 Å². The molecule has 0 N–H and O–H groups in total. The van der Waals surface area contributed by atoms with E-state index in [2.05, 4.69) is 0 Å². The first-order valence-corrected chi connectivity index (χ1v) is 7.58. The van der Waals surface area contributed by atoms with Crippen LogP contribution >= 0.6 is 0 Å². The van der Waals surface area contributed by atoms with E-state index in [0.29, 0.717) is 17.9 Å². The van der Waals surface area contributed by atoms with E-state index in [4.69, 9.17) is 9.47 Å². The molecule has 0 aromatic heterocycles. The second kappa shape index (κ2) is 7.64. The molecule has 2 aromatic carbocycles. The zero-order valence-electron chi connectivity index (χ0n) is 13.3. The number of hydrogen-bond donors (Lipinski definition) is 0. The van der Waals surface area contributed by atoms with Crippen LogP contribution in [0.5, 0.6) is 5.75 Å². The number of benzene rings is 2. The average Bonchev–Trinajstić information content (AvgIpc) is 2.54. The Morgan fingerprint density at radius 1 is 1.09 bits per heavy atom. The quantitative estimate of drug-likeness (QED) is 0.735. The number of carbonyl (C=O) groups is 1. The van der Waals surface area contributed by atoms with Crippen molar-refractivity contribution in [3.63, 3.8) is 0 Å². The Morgan fingerprint density at radius 2 is 1.77 bits per heavy atom. The van der Waals surface area contributed by atoms with Gasteiger partial charge in [0.1, 0.15) is 17.9 Å². The lowest BCUT2D eigenvalue weighted by atomic mass is 10.1. The first-order valence-electron chi connectivity index (χ1n) is 7.58. The molecule has 1 unspecified atom stereocenters. The van der Waals surface area contributed by atoms with Crippen LogP contribution < -0.4 is 4.74 Å². The molecule has 3 heteroatoms. The summed E-state index contributed by atoms with van der Waals surface area (Å²) in [6, 6.07) is 15.3. The van der Waals surface area contributed by atoms with E-state index >= 15 is 0 Å². The topological polar surface area (TPSA) is 35.5 Å². The van der Waals surface area contributed by atoms with Gasteiger partial charge in [0.15, 0.2) is 0 Å². The molecule has 1 atom stereocenters. The minimum atomic E-state index is -0.339. The van der Waals surface area contributed by atoms with Crippen LogP contribution in [0.3, 0.4) is 0 Å². The molecular weight excluding hydrogens is 276 g/mol. The number of hydrogen-bond acceptors (Lipinski definition) is 3. The smallest absolute Gasteiger partial charge is 0.342 e. The van der Waals surface area contributed by atoms with Crippen molar-refractivity contribution < 1.29 is 14.3 Å². The Morgan fingerprint density at radius 3 is 2.45 bits per heavy atom. The van der Waals surface area contributed by atoms with E-state index < -0.39 is 0 Å². The number of ether oxygens (including phenoxy) is 2. The van der Waals surface area contributed by atoms with Gasteiger partial charge >= 0.3 is 5.97 Å². The third-order valence-electron chi connectivity index (χ3n) is 3.51. The Hall–Kier alpha value is -2.29. The van der Waals surface area contributed by atoms with E-state index in [-0.39, 0.29) is 12.1 Å². The summed E-state index contributed by atoms with van der Waals surface area (Å²) in [5.74, 6) is 0.213. The van der Waals surface area contributed by atoms with Crippen LogP contribution in [0.2, 0.25) is 0 Å². The molecule has 3 nitrogen and oxygen atoms in total. The summed E-state index contributed by atoms with van der Waals surface area (Å²) in [5, 5.41) is 0. The number of aryl methyl sites for hydroxylation is 1. The molecule has 2 aromatic rings. The normalized spacial score (nSPS) is 11.8. The van der Waals surface area contributed by atoms with Gasteiger partial charge in [-0.1, -0.05) is 48.9 Å². The van der Waals surface area contributed by atoms with Gasteiger partial charge in [0.05, 0.1) is 6.10 Å². The number of carbonyl (C=O) groups excluding carboxylic acids is 1. The van der Waals surface area contributed by atoms with Crippen molar-refractivity contribution in [3.05, 3.63) is 65.2 Å². The predicted octanol–water partition coefficient (Wildman–Crippen LogP) is 4.53. The maximum absolute atomic E-state index is 12.2. The minimum Gasteiger partial charge on any atom is -0.488 e. The fourth-order valence-electron chi connectivity index (χ4n) is 1.94. The van der Waals surface area contributed by atoms with E-state index in [1.807, 2.05) is 57.2 Å². The predicted molar refractivity (Wildman–Crippen MR) is 87.1 cm³/mol. The zero-order chi connectivity index (χ0) is 15.9. The van der Waals surface area contributed by atoms with Crippen molar-refractivity contribution in [3.8, 4) is 5.75 Å². The number of rotatable bonds is 6. The molecule has 0 bridgehead atoms. The molecule has 2 rings (SSSR count). The van der Waals surface area contributed by atoms with Crippen LogP contribution in [0.1, 0.15) is 41.8 Å². The van der Waals surface area contributed by atoms with Crippen molar-refractivity contribution in [1.29, 1.82) is 0 Å². The summed E-state index contributed by atoms with van der Waals surface area (Å²) < 4.78 is 11.2. The van der Waals surface area contributed by atoms with Crippen molar-refractivity contribution in [2.45, 2.75) is 39.9 Å². The van der Waals surface area contributed by atoms with E-state index in [0.717, 1.165) is 12.0 Å². The van der Waals surface area contributed by atoms with Gasteiger partial charge in [-0.05, 0) is 38.0 Å². The van der Waals surface area contributed by atoms with Gasteiger partial charge in [-0.3, -0.25) is 0 Å². The second-order valence-electron chi connectivity index (χ2n) is 5.39. The summed E-state index contributed by atoms with van der Waals surface area (Å²) in [5.41, 5.74) is 2.74. The minimum absolute atomic E-state index is 0.0994. The van der Waals surface area contributed by atoms with Gasteiger partial charge in [0.25, 0.3) is 0 Å². The number of para-hydroxylation sites is 1. The summed E-state index contributed by atoms with van der Waals surface area (Å²) in [4.78, 5) is 12.2. The molecular formula is C19H22O3. The van der Waals surface area contributed by atoms with E-state index in [9.17, 15) is 4.79 Å². The van der Waals surface area contributed by atoms with Gasteiger partial charge in [0, 0.05) is 0 Å². The van der Waals surface area contributed by atoms with Crippen LogP contribution in [-0.2, 0) is 11.3 Å². The van der Waals surface area contributed by atoms with Crippen LogP contribution in [0, 0.1) is 6.92 Å². The Kier molecular flexibility index (Phi) is 5.59. The lowest BCUT2D eigenvalue weighted by Gasteiger charge is -2.14. The largest absolute Gasteiger partial charge is 0.488 e. The molecule has 0 fully saturated rings. The molecule has 0 radical (unpaired) electrons. The molecule has 0 heterocycles. The van der Waals surface area contributed by atoms with Gasteiger partial charge in [0.2, 0.25) is 0 Å². The van der Waals surface area contributed by atoms with Crippen molar-refractivity contribution in [2.75, 3.05) is 0 Å². The maximum Gasteiger partial charge on any atom is 0.342 e. The van der Waals surface area contributed by atoms with E-state index in [1.165, 1.54) is 5.56 Å². The lowest BCUT2D eigenvalue weighted by molar-refractivity contribution is 0.0329. The van der Waals surface area contributed by atoms with Crippen LogP contribution in [0.15, 0.2) is 48.5 Å². The lowest BCUT2D eigenvalue weighted by Crippen LogP contribution is -2.15. The SMILES string of the molecule is CCC(C)OC(=O)c1ccccc1OCc1ccc(C)cc1.